The molecule has 0 radical (unpaired) electrons. The fourth-order valence-electron chi connectivity index (χ4n) is 2.91. The molecule has 0 saturated heterocycles. The number of rotatable bonds is 2. The lowest BCUT2D eigenvalue weighted by Crippen LogP contribution is -2.04. The third kappa shape index (κ3) is 2.20. The minimum absolute atomic E-state index is 0.0222. The summed E-state index contributed by atoms with van der Waals surface area (Å²) in [6, 6.07) is 4.86. The van der Waals surface area contributed by atoms with Crippen LogP contribution in [0.3, 0.4) is 0 Å². The highest BCUT2D eigenvalue weighted by atomic mass is 32.3. The van der Waals surface area contributed by atoms with Crippen LogP contribution in [0.4, 0.5) is 3.89 Å². The van der Waals surface area contributed by atoms with Gasteiger partial charge in [0.25, 0.3) is 0 Å². The zero-order valence-electron chi connectivity index (χ0n) is 10.5. The van der Waals surface area contributed by atoms with Gasteiger partial charge >= 0.3 is 10.5 Å². The molecule has 0 aliphatic heterocycles. The van der Waals surface area contributed by atoms with E-state index in [1.807, 2.05) is 7.05 Å². The molecule has 1 aliphatic rings. The van der Waals surface area contributed by atoms with Crippen LogP contribution in [0.15, 0.2) is 18.2 Å². The standard InChI is InChI=1S/C13H14FNO3S/c1-15-12-5-3-2-4-10(12)11-8-9(6-7-13(11)15)18-19(14,16)17/h6-8H,2-5H2,1H3. The Morgan fingerprint density at radius 1 is 1.26 bits per heavy atom. The van der Waals surface area contributed by atoms with Crippen molar-refractivity contribution >= 4 is 21.4 Å². The van der Waals surface area contributed by atoms with Gasteiger partial charge in [0.2, 0.25) is 0 Å². The van der Waals surface area contributed by atoms with Gasteiger partial charge in [0.15, 0.2) is 0 Å². The Kier molecular flexibility index (Phi) is 2.78. The van der Waals surface area contributed by atoms with Crippen molar-refractivity contribution in [3.8, 4) is 5.75 Å². The number of aromatic nitrogens is 1. The van der Waals surface area contributed by atoms with Gasteiger partial charge in [0.1, 0.15) is 5.75 Å². The monoisotopic (exact) mass is 283 g/mol. The smallest absolute Gasteiger partial charge is 0.358 e. The van der Waals surface area contributed by atoms with E-state index in [9.17, 15) is 12.3 Å². The molecule has 0 saturated carbocycles. The molecule has 0 spiro atoms. The number of benzene rings is 1. The molecule has 1 aliphatic carbocycles. The number of fused-ring (bicyclic) bond motifs is 3. The number of nitrogens with zero attached hydrogens (tertiary/aromatic N) is 1. The summed E-state index contributed by atoms with van der Waals surface area (Å²) in [4.78, 5) is 0. The van der Waals surface area contributed by atoms with Crippen LogP contribution in [0.25, 0.3) is 10.9 Å². The summed E-state index contributed by atoms with van der Waals surface area (Å²) in [5.41, 5.74) is 3.53. The van der Waals surface area contributed by atoms with Crippen molar-refractivity contribution in [2.24, 2.45) is 7.05 Å². The van der Waals surface area contributed by atoms with Crippen molar-refractivity contribution in [3.63, 3.8) is 0 Å². The average Bonchev–Trinajstić information content (AvgIpc) is 2.62. The molecule has 1 aromatic heterocycles. The minimum Gasteiger partial charge on any atom is -0.358 e. The molecule has 6 heteroatoms. The number of aryl methyl sites for hydroxylation is 2. The molecule has 3 rings (SSSR count). The van der Waals surface area contributed by atoms with Gasteiger partial charge in [-0.25, -0.2) is 0 Å². The van der Waals surface area contributed by atoms with E-state index in [2.05, 4.69) is 8.75 Å². The fraction of sp³-hybridized carbons (Fsp3) is 0.385. The van der Waals surface area contributed by atoms with E-state index in [1.54, 1.807) is 12.1 Å². The summed E-state index contributed by atoms with van der Waals surface area (Å²) >= 11 is 0. The molecule has 0 bridgehead atoms. The van der Waals surface area contributed by atoms with Crippen LogP contribution >= 0.6 is 0 Å². The normalized spacial score (nSPS) is 15.5. The second-order valence-corrected chi connectivity index (χ2v) is 5.80. The number of halogens is 1. The Morgan fingerprint density at radius 2 is 2.00 bits per heavy atom. The van der Waals surface area contributed by atoms with Gasteiger partial charge in [0.05, 0.1) is 0 Å². The first kappa shape index (κ1) is 12.5. The van der Waals surface area contributed by atoms with Gasteiger partial charge in [-0.05, 0) is 49.4 Å². The summed E-state index contributed by atoms with van der Waals surface area (Å²) in [5, 5.41) is 0.957. The van der Waals surface area contributed by atoms with Gasteiger partial charge in [-0.3, -0.25) is 0 Å². The van der Waals surface area contributed by atoms with Crippen LogP contribution in [0.5, 0.6) is 5.75 Å². The van der Waals surface area contributed by atoms with Crippen LogP contribution in [0, 0.1) is 0 Å². The van der Waals surface area contributed by atoms with E-state index < -0.39 is 10.5 Å². The molecular formula is C13H14FNO3S. The van der Waals surface area contributed by atoms with Crippen molar-refractivity contribution < 1.29 is 16.5 Å². The molecular weight excluding hydrogens is 269 g/mol. The maximum absolute atomic E-state index is 12.6. The van der Waals surface area contributed by atoms with Gasteiger partial charge < -0.3 is 8.75 Å². The molecule has 0 atom stereocenters. The maximum Gasteiger partial charge on any atom is 0.488 e. The third-order valence-corrected chi connectivity index (χ3v) is 4.09. The van der Waals surface area contributed by atoms with Crippen LogP contribution in [-0.2, 0) is 30.4 Å². The van der Waals surface area contributed by atoms with E-state index in [-0.39, 0.29) is 5.75 Å². The van der Waals surface area contributed by atoms with Crippen molar-refractivity contribution in [1.82, 2.24) is 4.57 Å². The third-order valence-electron chi connectivity index (χ3n) is 3.69. The van der Waals surface area contributed by atoms with E-state index >= 15 is 0 Å². The Hall–Kier alpha value is -1.56. The second kappa shape index (κ2) is 4.23. The predicted octanol–water partition coefficient (Wildman–Crippen LogP) is 2.65. The van der Waals surface area contributed by atoms with Crippen LogP contribution in [0.2, 0.25) is 0 Å². The molecule has 0 fully saturated rings. The highest BCUT2D eigenvalue weighted by molar-refractivity contribution is 7.81. The summed E-state index contributed by atoms with van der Waals surface area (Å²) in [5.74, 6) is 0.0222. The van der Waals surface area contributed by atoms with Crippen LogP contribution < -0.4 is 4.18 Å². The van der Waals surface area contributed by atoms with Crippen LogP contribution in [-0.4, -0.2) is 13.0 Å². The molecule has 102 valence electrons. The van der Waals surface area contributed by atoms with Gasteiger partial charge in [-0.1, -0.05) is 3.89 Å². The number of hydrogen-bond donors (Lipinski definition) is 0. The van der Waals surface area contributed by atoms with Crippen LogP contribution in [0.1, 0.15) is 24.1 Å². The second-order valence-electron chi connectivity index (χ2n) is 4.85. The number of hydrogen-bond acceptors (Lipinski definition) is 3. The first-order chi connectivity index (χ1) is 8.96. The van der Waals surface area contributed by atoms with Gasteiger partial charge in [0, 0.05) is 23.6 Å². The highest BCUT2D eigenvalue weighted by Gasteiger charge is 2.19. The predicted molar refractivity (Wildman–Crippen MR) is 70.2 cm³/mol. The lowest BCUT2D eigenvalue weighted by molar-refractivity contribution is 0.440. The molecule has 1 heterocycles. The Morgan fingerprint density at radius 3 is 2.74 bits per heavy atom. The average molecular weight is 283 g/mol. The summed E-state index contributed by atoms with van der Waals surface area (Å²) in [6.45, 7) is 0. The molecule has 0 amide bonds. The first-order valence-electron chi connectivity index (χ1n) is 6.20. The SMILES string of the molecule is Cn1c2c(c3cc(OS(=O)(=O)F)ccc31)CCCC2. The molecule has 2 aromatic rings. The zero-order chi connectivity index (χ0) is 13.6. The van der Waals surface area contributed by atoms with Crippen molar-refractivity contribution in [2.45, 2.75) is 25.7 Å². The fourth-order valence-corrected chi connectivity index (χ4v) is 3.24. The molecule has 4 nitrogen and oxygen atoms in total. The minimum atomic E-state index is -4.97. The topological polar surface area (TPSA) is 48.3 Å². The van der Waals surface area contributed by atoms with Crippen molar-refractivity contribution in [2.75, 3.05) is 0 Å². The van der Waals surface area contributed by atoms with E-state index in [0.29, 0.717) is 0 Å². The Labute approximate surface area is 111 Å². The molecule has 1 aromatic carbocycles. The lowest BCUT2D eigenvalue weighted by atomic mass is 9.95. The van der Waals surface area contributed by atoms with E-state index in [0.717, 1.165) is 30.2 Å². The van der Waals surface area contributed by atoms with Crippen molar-refractivity contribution in [3.05, 3.63) is 29.5 Å². The Balaban J connectivity index is 2.17. The zero-order valence-corrected chi connectivity index (χ0v) is 11.3. The molecule has 0 N–H and O–H groups in total. The molecule has 19 heavy (non-hydrogen) atoms. The summed E-state index contributed by atoms with van der Waals surface area (Å²) < 4.78 is 40.1. The summed E-state index contributed by atoms with van der Waals surface area (Å²) in [6.07, 6.45) is 4.29. The highest BCUT2D eigenvalue weighted by Crippen LogP contribution is 2.33. The Bertz CT molecular complexity index is 749. The quantitative estimate of drug-likeness (QED) is 0.796. The van der Waals surface area contributed by atoms with E-state index in [1.165, 1.54) is 23.7 Å². The summed E-state index contributed by atoms with van der Waals surface area (Å²) in [7, 11) is -2.97. The van der Waals surface area contributed by atoms with Gasteiger partial charge in [-0.15, -0.1) is 0 Å². The lowest BCUT2D eigenvalue weighted by Gasteiger charge is -2.12. The maximum atomic E-state index is 12.6. The first-order valence-corrected chi connectivity index (χ1v) is 7.51. The largest absolute Gasteiger partial charge is 0.488 e. The molecule has 0 unspecified atom stereocenters. The van der Waals surface area contributed by atoms with Crippen molar-refractivity contribution in [1.29, 1.82) is 0 Å². The van der Waals surface area contributed by atoms with E-state index in [4.69, 9.17) is 0 Å². The van der Waals surface area contributed by atoms with Gasteiger partial charge in [-0.2, -0.15) is 8.42 Å².